The number of carbonyl (C=O) groups is 1. The second-order valence-corrected chi connectivity index (χ2v) is 6.66. The fourth-order valence-electron chi connectivity index (χ4n) is 3.13. The summed E-state index contributed by atoms with van der Waals surface area (Å²) in [5, 5.41) is 8.63. The van der Waals surface area contributed by atoms with Crippen molar-refractivity contribution in [3.8, 4) is 5.82 Å². The summed E-state index contributed by atoms with van der Waals surface area (Å²) in [6.07, 6.45) is 1.30. The first-order valence-electron chi connectivity index (χ1n) is 8.64. The van der Waals surface area contributed by atoms with Gasteiger partial charge < -0.3 is 5.32 Å². The minimum absolute atomic E-state index is 0.00651. The number of hydrogen-bond acceptors (Lipinski definition) is 3. The van der Waals surface area contributed by atoms with Crippen LogP contribution in [0.5, 0.6) is 0 Å². The van der Waals surface area contributed by atoms with Gasteiger partial charge in [0.1, 0.15) is 5.82 Å². The van der Waals surface area contributed by atoms with Gasteiger partial charge in [0.05, 0.1) is 11.2 Å². The molecule has 1 amide bonds. The monoisotopic (exact) mass is 336 g/mol. The van der Waals surface area contributed by atoms with E-state index in [0.717, 1.165) is 40.0 Å². The summed E-state index contributed by atoms with van der Waals surface area (Å²) in [4.78, 5) is 16.8. The van der Waals surface area contributed by atoms with Gasteiger partial charge >= 0.3 is 0 Å². The molecule has 3 aromatic rings. The van der Waals surface area contributed by atoms with E-state index in [4.69, 9.17) is 4.98 Å². The van der Waals surface area contributed by atoms with Crippen molar-refractivity contribution in [1.29, 1.82) is 0 Å². The molecule has 0 radical (unpaired) electrons. The van der Waals surface area contributed by atoms with Crippen LogP contribution < -0.4 is 5.32 Å². The molecule has 0 aliphatic carbocycles. The van der Waals surface area contributed by atoms with E-state index in [-0.39, 0.29) is 5.91 Å². The van der Waals surface area contributed by atoms with E-state index in [1.54, 1.807) is 4.68 Å². The molecular formula is C20H24N4O. The van der Waals surface area contributed by atoms with Crippen molar-refractivity contribution in [2.45, 2.75) is 47.5 Å². The van der Waals surface area contributed by atoms with Crippen molar-refractivity contribution in [3.63, 3.8) is 0 Å². The second-order valence-electron chi connectivity index (χ2n) is 6.66. The van der Waals surface area contributed by atoms with Crippen LogP contribution in [0, 0.1) is 27.7 Å². The summed E-state index contributed by atoms with van der Waals surface area (Å²) in [6.45, 7) is 10.1. The van der Waals surface area contributed by atoms with E-state index < -0.39 is 0 Å². The maximum absolute atomic E-state index is 12.0. The minimum atomic E-state index is -0.00651. The number of rotatable bonds is 4. The molecule has 0 saturated carbocycles. The third-order valence-electron chi connectivity index (χ3n) is 4.23. The maximum atomic E-state index is 12.0. The van der Waals surface area contributed by atoms with Gasteiger partial charge in [0.2, 0.25) is 5.91 Å². The standard InChI is InChI=1S/C20H24N4O/c1-6-7-19(25)21-18-11-15(5)23-24(18)17-10-13(3)16-9-12(2)8-14(4)20(16)22-17/h8-11H,6-7H2,1-5H3,(H,21,25). The molecule has 5 heteroatoms. The number of hydrogen-bond donors (Lipinski definition) is 1. The maximum Gasteiger partial charge on any atom is 0.225 e. The van der Waals surface area contributed by atoms with Gasteiger partial charge in [-0.05, 0) is 57.4 Å². The van der Waals surface area contributed by atoms with Crippen molar-refractivity contribution in [3.05, 3.63) is 46.6 Å². The van der Waals surface area contributed by atoms with Gasteiger partial charge in [-0.2, -0.15) is 9.78 Å². The van der Waals surface area contributed by atoms with Crippen molar-refractivity contribution in [2.75, 3.05) is 5.32 Å². The Morgan fingerprint density at radius 1 is 1.08 bits per heavy atom. The Balaban J connectivity index is 2.12. The van der Waals surface area contributed by atoms with E-state index in [1.165, 1.54) is 5.56 Å². The zero-order valence-electron chi connectivity index (χ0n) is 15.5. The molecule has 25 heavy (non-hydrogen) atoms. The Hall–Kier alpha value is -2.69. The minimum Gasteiger partial charge on any atom is -0.311 e. The molecule has 2 aromatic heterocycles. The highest BCUT2D eigenvalue weighted by atomic mass is 16.1. The lowest BCUT2D eigenvalue weighted by Gasteiger charge is -2.12. The van der Waals surface area contributed by atoms with Crippen molar-refractivity contribution >= 4 is 22.6 Å². The van der Waals surface area contributed by atoms with E-state index in [9.17, 15) is 4.79 Å². The number of aryl methyl sites for hydroxylation is 4. The molecule has 2 heterocycles. The predicted octanol–water partition coefficient (Wildman–Crippen LogP) is 4.39. The van der Waals surface area contributed by atoms with Gasteiger partial charge in [-0.3, -0.25) is 4.79 Å². The van der Waals surface area contributed by atoms with Crippen molar-refractivity contribution in [2.24, 2.45) is 0 Å². The highest BCUT2D eigenvalue weighted by molar-refractivity contribution is 5.90. The average molecular weight is 336 g/mol. The summed E-state index contributed by atoms with van der Waals surface area (Å²) >= 11 is 0. The summed E-state index contributed by atoms with van der Waals surface area (Å²) in [7, 11) is 0. The number of nitrogens with zero attached hydrogens (tertiary/aromatic N) is 3. The second kappa shape index (κ2) is 6.67. The fourth-order valence-corrected chi connectivity index (χ4v) is 3.13. The molecule has 5 nitrogen and oxygen atoms in total. The molecular weight excluding hydrogens is 312 g/mol. The fraction of sp³-hybridized carbons (Fsp3) is 0.350. The predicted molar refractivity (Wildman–Crippen MR) is 101 cm³/mol. The van der Waals surface area contributed by atoms with Gasteiger partial charge in [-0.25, -0.2) is 4.98 Å². The van der Waals surface area contributed by atoms with E-state index in [1.807, 2.05) is 26.0 Å². The van der Waals surface area contributed by atoms with E-state index >= 15 is 0 Å². The molecule has 0 spiro atoms. The topological polar surface area (TPSA) is 59.8 Å². The Morgan fingerprint density at radius 2 is 1.84 bits per heavy atom. The van der Waals surface area contributed by atoms with Gasteiger partial charge in [0.15, 0.2) is 5.82 Å². The number of anilines is 1. The quantitative estimate of drug-likeness (QED) is 0.768. The van der Waals surface area contributed by atoms with Crippen LogP contribution in [0.1, 0.15) is 42.1 Å². The lowest BCUT2D eigenvalue weighted by molar-refractivity contribution is -0.116. The van der Waals surface area contributed by atoms with Crippen LogP contribution in [0.3, 0.4) is 0 Å². The zero-order valence-corrected chi connectivity index (χ0v) is 15.5. The molecule has 1 N–H and O–H groups in total. The largest absolute Gasteiger partial charge is 0.311 e. The number of nitrogens with one attached hydrogen (secondary N) is 1. The number of fused-ring (bicyclic) bond motifs is 1. The first-order valence-corrected chi connectivity index (χ1v) is 8.64. The Bertz CT molecular complexity index is 956. The van der Waals surface area contributed by atoms with E-state index in [0.29, 0.717) is 12.2 Å². The first-order chi connectivity index (χ1) is 11.9. The molecule has 0 bridgehead atoms. The normalized spacial score (nSPS) is 11.1. The van der Waals surface area contributed by atoms with Crippen LogP contribution >= 0.6 is 0 Å². The van der Waals surface area contributed by atoms with Gasteiger partial charge in [0.25, 0.3) is 0 Å². The molecule has 1 aromatic carbocycles. The Labute approximate surface area is 148 Å². The number of amides is 1. The molecule has 0 saturated heterocycles. The van der Waals surface area contributed by atoms with Crippen LogP contribution in [0.2, 0.25) is 0 Å². The van der Waals surface area contributed by atoms with Gasteiger partial charge in [0, 0.05) is 17.9 Å². The highest BCUT2D eigenvalue weighted by Crippen LogP contribution is 2.25. The summed E-state index contributed by atoms with van der Waals surface area (Å²) < 4.78 is 1.72. The molecule has 0 fully saturated rings. The number of pyridine rings is 1. The van der Waals surface area contributed by atoms with E-state index in [2.05, 4.69) is 43.3 Å². The van der Waals surface area contributed by atoms with Crippen molar-refractivity contribution in [1.82, 2.24) is 14.8 Å². The van der Waals surface area contributed by atoms with Crippen LogP contribution in [-0.2, 0) is 4.79 Å². The van der Waals surface area contributed by atoms with Gasteiger partial charge in [-0.1, -0.05) is 18.6 Å². The smallest absolute Gasteiger partial charge is 0.225 e. The van der Waals surface area contributed by atoms with Gasteiger partial charge in [-0.15, -0.1) is 0 Å². The molecule has 0 aliphatic heterocycles. The third-order valence-corrected chi connectivity index (χ3v) is 4.23. The lowest BCUT2D eigenvalue weighted by atomic mass is 10.0. The zero-order chi connectivity index (χ0) is 18.1. The van der Waals surface area contributed by atoms with Crippen LogP contribution in [0.25, 0.3) is 16.7 Å². The van der Waals surface area contributed by atoms with Crippen LogP contribution in [0.4, 0.5) is 5.82 Å². The molecule has 130 valence electrons. The summed E-state index contributed by atoms with van der Waals surface area (Å²) in [6, 6.07) is 8.18. The average Bonchev–Trinajstić information content (AvgIpc) is 2.88. The number of aromatic nitrogens is 3. The van der Waals surface area contributed by atoms with Crippen molar-refractivity contribution < 1.29 is 4.79 Å². The Kier molecular flexibility index (Phi) is 4.57. The molecule has 0 unspecified atom stereocenters. The Morgan fingerprint density at radius 3 is 2.56 bits per heavy atom. The summed E-state index contributed by atoms with van der Waals surface area (Å²) in [5.41, 5.74) is 5.32. The van der Waals surface area contributed by atoms with Crippen LogP contribution in [0.15, 0.2) is 24.3 Å². The summed E-state index contributed by atoms with van der Waals surface area (Å²) in [5.74, 6) is 1.37. The third kappa shape index (κ3) is 3.40. The van der Waals surface area contributed by atoms with Crippen LogP contribution in [-0.4, -0.2) is 20.7 Å². The number of benzene rings is 1. The lowest BCUT2D eigenvalue weighted by Crippen LogP contribution is -2.15. The SMILES string of the molecule is CCCC(=O)Nc1cc(C)nn1-c1cc(C)c2cc(C)cc(C)c2n1. The highest BCUT2D eigenvalue weighted by Gasteiger charge is 2.14. The number of carbonyl (C=O) groups excluding carboxylic acids is 1. The first kappa shape index (κ1) is 17.1. The molecule has 0 aliphatic rings. The molecule has 3 rings (SSSR count). The molecule has 0 atom stereocenters.